The van der Waals surface area contributed by atoms with Crippen molar-refractivity contribution in [2.24, 2.45) is 0 Å². The standard InChI is InChI=1S/C16H22N2S8/c1-17-3-7-19-11-13-21-9-5-18(2)6-10-22-14-12(20-8-4-17)24-16(26-14)15(23-11)25-13/h3-10H2,1-2H3. The van der Waals surface area contributed by atoms with Gasteiger partial charge in [0.25, 0.3) is 0 Å². The van der Waals surface area contributed by atoms with E-state index >= 15 is 0 Å². The molecule has 4 aliphatic rings. The average molecular weight is 499 g/mol. The van der Waals surface area contributed by atoms with Gasteiger partial charge in [-0.3, -0.25) is 0 Å². The van der Waals surface area contributed by atoms with E-state index in [9.17, 15) is 0 Å². The van der Waals surface area contributed by atoms with Crippen molar-refractivity contribution in [3.05, 3.63) is 25.4 Å². The van der Waals surface area contributed by atoms with E-state index in [0.29, 0.717) is 0 Å². The maximum Gasteiger partial charge on any atom is 0.0717 e. The molecule has 6 bridgehead atoms. The van der Waals surface area contributed by atoms with Gasteiger partial charge in [-0.05, 0) is 14.1 Å². The molecular weight excluding hydrogens is 477 g/mol. The lowest BCUT2D eigenvalue weighted by atomic mass is 10.6. The Kier molecular flexibility index (Phi) is 8.40. The summed E-state index contributed by atoms with van der Waals surface area (Å²) >= 11 is 16.4. The molecule has 0 fully saturated rings. The topological polar surface area (TPSA) is 6.48 Å². The lowest BCUT2D eigenvalue weighted by Gasteiger charge is -2.18. The molecule has 0 spiro atoms. The first-order valence-corrected chi connectivity index (χ1v) is 15.7. The van der Waals surface area contributed by atoms with Crippen LogP contribution in [0.15, 0.2) is 25.4 Å². The Hall–Kier alpha value is 1.94. The van der Waals surface area contributed by atoms with Crippen molar-refractivity contribution in [3.63, 3.8) is 0 Å². The van der Waals surface area contributed by atoms with Crippen molar-refractivity contribution in [2.75, 3.05) is 63.3 Å². The van der Waals surface area contributed by atoms with Crippen molar-refractivity contribution < 1.29 is 0 Å². The summed E-state index contributed by atoms with van der Waals surface area (Å²) < 4.78 is 9.24. The molecule has 0 amide bonds. The largest absolute Gasteiger partial charge is 0.305 e. The van der Waals surface area contributed by atoms with Crippen LogP contribution in [0.4, 0.5) is 0 Å². The minimum absolute atomic E-state index is 1.18. The van der Waals surface area contributed by atoms with Gasteiger partial charge in [0.2, 0.25) is 0 Å². The normalized spacial score (nSPS) is 27.5. The predicted octanol–water partition coefficient (Wildman–Crippen LogP) is 6.15. The second-order valence-electron chi connectivity index (χ2n) is 6.13. The quantitative estimate of drug-likeness (QED) is 0.382. The maximum atomic E-state index is 2.49. The van der Waals surface area contributed by atoms with Gasteiger partial charge in [-0.25, -0.2) is 0 Å². The number of thioether (sulfide) groups is 8. The van der Waals surface area contributed by atoms with Crippen LogP contribution in [-0.2, 0) is 0 Å². The number of hydrogen-bond donors (Lipinski definition) is 0. The molecule has 4 aliphatic heterocycles. The lowest BCUT2D eigenvalue weighted by Crippen LogP contribution is -2.24. The van der Waals surface area contributed by atoms with Crippen LogP contribution in [0.1, 0.15) is 0 Å². The number of hydrogen-bond acceptors (Lipinski definition) is 10. The van der Waals surface area contributed by atoms with Crippen molar-refractivity contribution in [2.45, 2.75) is 0 Å². The Morgan fingerprint density at radius 3 is 1.00 bits per heavy atom. The number of fused-ring (bicyclic) bond motifs is 4. The van der Waals surface area contributed by atoms with E-state index in [1.54, 1.807) is 16.9 Å². The minimum atomic E-state index is 1.18. The first-order valence-electron chi connectivity index (χ1n) is 8.51. The lowest BCUT2D eigenvalue weighted by molar-refractivity contribution is 0.380. The summed E-state index contributed by atoms with van der Waals surface area (Å²) in [6.45, 7) is 4.70. The number of rotatable bonds is 0. The molecule has 10 heteroatoms. The van der Waals surface area contributed by atoms with Crippen LogP contribution in [0.3, 0.4) is 0 Å². The van der Waals surface area contributed by atoms with Crippen LogP contribution in [-0.4, -0.2) is 73.1 Å². The van der Waals surface area contributed by atoms with E-state index in [1.807, 2.05) is 47.0 Å². The van der Waals surface area contributed by atoms with Gasteiger partial charge in [0.1, 0.15) is 0 Å². The van der Waals surface area contributed by atoms with Crippen LogP contribution in [0.5, 0.6) is 0 Å². The Bertz CT molecular complexity index is 542. The van der Waals surface area contributed by atoms with Crippen LogP contribution < -0.4 is 0 Å². The van der Waals surface area contributed by atoms with Gasteiger partial charge in [-0.1, -0.05) is 47.0 Å². The molecule has 0 aliphatic carbocycles. The Balaban J connectivity index is 1.64. The number of nitrogens with zero attached hydrogens (tertiary/aromatic N) is 2. The molecule has 0 atom stereocenters. The Morgan fingerprint density at radius 1 is 0.462 bits per heavy atom. The SMILES string of the molecule is CN1CCSC2=C3SCCN(C)CCSC4=C(SCC1)SC(=C(S2)S3)S4. The van der Waals surface area contributed by atoms with Gasteiger partial charge >= 0.3 is 0 Å². The smallest absolute Gasteiger partial charge is 0.0717 e. The van der Waals surface area contributed by atoms with Crippen molar-refractivity contribution in [3.8, 4) is 0 Å². The van der Waals surface area contributed by atoms with Gasteiger partial charge in [0.05, 0.1) is 25.4 Å². The highest BCUT2D eigenvalue weighted by Gasteiger charge is 2.31. The summed E-state index contributed by atoms with van der Waals surface area (Å²) in [5, 5.41) is 0. The summed E-state index contributed by atoms with van der Waals surface area (Å²) in [6, 6.07) is 0. The van der Waals surface area contributed by atoms with Crippen molar-refractivity contribution in [1.29, 1.82) is 0 Å². The molecule has 26 heavy (non-hydrogen) atoms. The van der Waals surface area contributed by atoms with E-state index in [1.165, 1.54) is 57.7 Å². The Labute approximate surface area is 191 Å². The first kappa shape index (κ1) is 21.2. The van der Waals surface area contributed by atoms with E-state index < -0.39 is 0 Å². The van der Waals surface area contributed by atoms with Crippen LogP contribution in [0, 0.1) is 0 Å². The highest BCUT2D eigenvalue weighted by atomic mass is 32.3. The first-order chi connectivity index (χ1) is 12.7. The van der Waals surface area contributed by atoms with Crippen LogP contribution in [0.25, 0.3) is 0 Å². The highest BCUT2D eigenvalue weighted by molar-refractivity contribution is 8.45. The van der Waals surface area contributed by atoms with E-state index in [2.05, 4.69) is 70.9 Å². The fourth-order valence-corrected chi connectivity index (χ4v) is 15.0. The minimum Gasteiger partial charge on any atom is -0.305 e. The molecule has 2 nitrogen and oxygen atoms in total. The third kappa shape index (κ3) is 5.55. The van der Waals surface area contributed by atoms with Gasteiger partial charge in [-0.2, -0.15) is 0 Å². The molecule has 0 radical (unpaired) electrons. The molecule has 0 unspecified atom stereocenters. The molecule has 0 saturated carbocycles. The molecule has 0 aromatic carbocycles. The highest BCUT2D eigenvalue weighted by Crippen LogP contribution is 2.66. The molecule has 0 aromatic heterocycles. The third-order valence-corrected chi connectivity index (χ3v) is 15.6. The predicted molar refractivity (Wildman–Crippen MR) is 136 cm³/mol. The van der Waals surface area contributed by atoms with Crippen LogP contribution >= 0.6 is 94.1 Å². The molecular formula is C16H22N2S8. The van der Waals surface area contributed by atoms with Gasteiger partial charge in [0, 0.05) is 49.2 Å². The summed E-state index contributed by atoms with van der Waals surface area (Å²) in [6.07, 6.45) is 0. The molecule has 0 N–H and O–H groups in total. The third-order valence-electron chi connectivity index (χ3n) is 4.07. The summed E-state index contributed by atoms with van der Waals surface area (Å²) in [5.41, 5.74) is 0. The fraction of sp³-hybridized carbons (Fsp3) is 0.625. The van der Waals surface area contributed by atoms with Crippen LogP contribution in [0.2, 0.25) is 0 Å². The van der Waals surface area contributed by atoms with E-state index in [4.69, 9.17) is 0 Å². The second kappa shape index (κ2) is 10.3. The monoisotopic (exact) mass is 498 g/mol. The van der Waals surface area contributed by atoms with Crippen molar-refractivity contribution >= 4 is 94.1 Å². The molecule has 144 valence electrons. The van der Waals surface area contributed by atoms with Gasteiger partial charge in [-0.15, -0.1) is 47.0 Å². The second-order valence-corrected chi connectivity index (χ2v) is 16.2. The molecule has 0 aromatic rings. The van der Waals surface area contributed by atoms with Crippen molar-refractivity contribution in [1.82, 2.24) is 9.80 Å². The summed E-state index contributed by atoms with van der Waals surface area (Å²) in [7, 11) is 4.54. The maximum absolute atomic E-state index is 2.49. The zero-order chi connectivity index (χ0) is 17.9. The summed E-state index contributed by atoms with van der Waals surface area (Å²) in [4.78, 5) is 4.98. The average Bonchev–Trinajstić information content (AvgIpc) is 3.19. The summed E-state index contributed by atoms with van der Waals surface area (Å²) in [5.74, 6) is 4.78. The molecule has 0 saturated heterocycles. The fourth-order valence-electron chi connectivity index (χ4n) is 2.47. The zero-order valence-corrected chi connectivity index (χ0v) is 21.3. The molecule has 4 heterocycles. The molecule has 4 rings (SSSR count). The van der Waals surface area contributed by atoms with Gasteiger partial charge < -0.3 is 9.80 Å². The zero-order valence-electron chi connectivity index (χ0n) is 14.8. The Morgan fingerprint density at radius 2 is 0.731 bits per heavy atom. The van der Waals surface area contributed by atoms with E-state index in [0.717, 1.165) is 0 Å². The van der Waals surface area contributed by atoms with Gasteiger partial charge in [0.15, 0.2) is 0 Å². The van der Waals surface area contributed by atoms with E-state index in [-0.39, 0.29) is 0 Å².